The number of hydrogen-bond donors (Lipinski definition) is 4. The van der Waals surface area contributed by atoms with Crippen LogP contribution in [0.1, 0.15) is 91.4 Å². The molecule has 27 heavy (non-hydrogen) atoms. The van der Waals surface area contributed by atoms with Crippen molar-refractivity contribution < 1.29 is 41.9 Å². The molecule has 0 aromatic heterocycles. The average Bonchev–Trinajstić information content (AvgIpc) is 2.47. The summed E-state index contributed by atoms with van der Waals surface area (Å²) in [5, 5.41) is -1.30. The maximum Gasteiger partial charge on any atom is 0.488 e. The van der Waals surface area contributed by atoms with Gasteiger partial charge < -0.3 is 19.6 Å². The Labute approximate surface area is 162 Å². The Kier molecular flexibility index (Phi) is 12.4. The van der Waals surface area contributed by atoms with Gasteiger partial charge in [0.15, 0.2) is 0 Å². The molecule has 164 valence electrons. The maximum absolute atomic E-state index is 12.8. The van der Waals surface area contributed by atoms with E-state index in [1.807, 2.05) is 6.92 Å². The predicted molar refractivity (Wildman–Crippen MR) is 104 cm³/mol. The lowest BCUT2D eigenvalue weighted by molar-refractivity contribution is 0.214. The van der Waals surface area contributed by atoms with E-state index in [1.54, 1.807) is 0 Å². The first kappa shape index (κ1) is 27.5. The molecule has 0 radical (unpaired) electrons. The minimum absolute atomic E-state index is 0.296. The topological polar surface area (TPSA) is 151 Å². The lowest BCUT2D eigenvalue weighted by Crippen LogP contribution is -2.26. The van der Waals surface area contributed by atoms with E-state index >= 15 is 0 Å². The Hall–Kier alpha value is 0.450. The number of phosphoric acid groups is 2. The van der Waals surface area contributed by atoms with E-state index in [-0.39, 0.29) is 0 Å². The first-order valence-electron chi connectivity index (χ1n) is 9.42. The molecule has 0 heterocycles. The van der Waals surface area contributed by atoms with Crippen molar-refractivity contribution in [1.82, 2.24) is 0 Å². The van der Waals surface area contributed by atoms with Gasteiger partial charge in [0.2, 0.25) is 0 Å². The highest BCUT2D eigenvalue weighted by Crippen LogP contribution is 2.71. The summed E-state index contributed by atoms with van der Waals surface area (Å²) >= 11 is 0. The Balaban J connectivity index is 5.19. The standard InChI is InChI=1S/C15H35O9P3/c1-4-6-8-10-12-14-15(3,13-11-9-7-5-2)25(16,17)23-27(21,22)24-26(18,19)20/h4-14H2,1-3H3,(H,16,17)(H,21,22)(H2,18,19,20). The number of hydrogen-bond acceptors (Lipinski definition) is 5. The van der Waals surface area contributed by atoms with E-state index in [0.29, 0.717) is 25.7 Å². The van der Waals surface area contributed by atoms with Crippen molar-refractivity contribution in [3.63, 3.8) is 0 Å². The molecule has 0 fully saturated rings. The van der Waals surface area contributed by atoms with Crippen molar-refractivity contribution in [2.75, 3.05) is 0 Å². The molecule has 3 atom stereocenters. The maximum atomic E-state index is 12.8. The van der Waals surface area contributed by atoms with E-state index in [0.717, 1.165) is 44.9 Å². The minimum atomic E-state index is -5.40. The quantitative estimate of drug-likeness (QED) is 0.176. The Morgan fingerprint density at radius 3 is 1.52 bits per heavy atom. The highest BCUT2D eigenvalue weighted by molar-refractivity contribution is 7.68. The van der Waals surface area contributed by atoms with Crippen molar-refractivity contribution in [3.05, 3.63) is 0 Å². The lowest BCUT2D eigenvalue weighted by Gasteiger charge is -2.34. The molecule has 0 aliphatic rings. The van der Waals surface area contributed by atoms with Gasteiger partial charge in [-0.15, -0.1) is 0 Å². The molecule has 3 unspecified atom stereocenters. The third kappa shape index (κ3) is 11.9. The largest absolute Gasteiger partial charge is 0.488 e. The highest BCUT2D eigenvalue weighted by Gasteiger charge is 2.50. The van der Waals surface area contributed by atoms with E-state index in [2.05, 4.69) is 15.5 Å². The SMILES string of the molecule is CCCCCCCC(C)(CCCCCC)P(=O)(O)OP(=O)(O)OP(=O)(O)O. The van der Waals surface area contributed by atoms with Crippen LogP contribution in [-0.2, 0) is 22.3 Å². The Bertz CT molecular complexity index is 563. The van der Waals surface area contributed by atoms with Gasteiger partial charge in [-0.25, -0.2) is 13.4 Å². The fourth-order valence-corrected chi connectivity index (χ4v) is 7.09. The second kappa shape index (κ2) is 12.2. The van der Waals surface area contributed by atoms with Crippen molar-refractivity contribution in [1.29, 1.82) is 0 Å². The molecule has 0 aliphatic heterocycles. The van der Waals surface area contributed by atoms with Crippen LogP contribution in [0.2, 0.25) is 0 Å². The van der Waals surface area contributed by atoms with Crippen molar-refractivity contribution in [2.24, 2.45) is 0 Å². The monoisotopic (exact) mass is 452 g/mol. The van der Waals surface area contributed by atoms with Crippen LogP contribution in [0, 0.1) is 0 Å². The zero-order valence-corrected chi connectivity index (χ0v) is 19.1. The van der Waals surface area contributed by atoms with E-state index < -0.39 is 28.4 Å². The molecule has 0 aromatic rings. The van der Waals surface area contributed by atoms with Crippen molar-refractivity contribution >= 4 is 23.2 Å². The van der Waals surface area contributed by atoms with Crippen molar-refractivity contribution in [2.45, 2.75) is 96.6 Å². The van der Waals surface area contributed by atoms with E-state index in [4.69, 9.17) is 9.79 Å². The molecule has 0 aromatic carbocycles. The minimum Gasteiger partial charge on any atom is -0.324 e. The summed E-state index contributed by atoms with van der Waals surface area (Å²) in [5.74, 6) is 0. The average molecular weight is 452 g/mol. The molecular weight excluding hydrogens is 417 g/mol. The van der Waals surface area contributed by atoms with Gasteiger partial charge in [-0.2, -0.15) is 4.31 Å². The van der Waals surface area contributed by atoms with Gasteiger partial charge in [0.25, 0.3) is 0 Å². The third-order valence-corrected chi connectivity index (χ3v) is 9.69. The van der Waals surface area contributed by atoms with Gasteiger partial charge in [-0.05, 0) is 19.8 Å². The van der Waals surface area contributed by atoms with Crippen LogP contribution in [0.5, 0.6) is 0 Å². The zero-order chi connectivity index (χ0) is 21.2. The summed E-state index contributed by atoms with van der Waals surface area (Å²) in [5.41, 5.74) is 0. The van der Waals surface area contributed by atoms with Crippen LogP contribution in [0.15, 0.2) is 0 Å². The first-order chi connectivity index (χ1) is 12.3. The van der Waals surface area contributed by atoms with Gasteiger partial charge in [-0.1, -0.05) is 71.6 Å². The number of unbranched alkanes of at least 4 members (excludes halogenated alkanes) is 7. The normalized spacial score (nSPS) is 19.2. The third-order valence-electron chi connectivity index (χ3n) is 4.49. The van der Waals surface area contributed by atoms with Gasteiger partial charge in [0.1, 0.15) is 0 Å². The molecular formula is C15H35O9P3. The predicted octanol–water partition coefficient (Wildman–Crippen LogP) is 5.49. The Morgan fingerprint density at radius 1 is 0.704 bits per heavy atom. The van der Waals surface area contributed by atoms with Crippen LogP contribution >= 0.6 is 23.2 Å². The van der Waals surface area contributed by atoms with Crippen LogP contribution in [0.25, 0.3) is 0 Å². The highest BCUT2D eigenvalue weighted by atomic mass is 31.3. The second-order valence-corrected chi connectivity index (χ2v) is 12.5. The Morgan fingerprint density at radius 2 is 1.11 bits per heavy atom. The second-order valence-electron chi connectivity index (χ2n) is 7.11. The van der Waals surface area contributed by atoms with Gasteiger partial charge in [-0.3, -0.25) is 4.57 Å². The first-order valence-corrected chi connectivity index (χ1v) is 14.0. The molecule has 9 nitrogen and oxygen atoms in total. The number of rotatable bonds is 16. The van der Waals surface area contributed by atoms with E-state index in [1.165, 1.54) is 6.92 Å². The van der Waals surface area contributed by atoms with Crippen LogP contribution in [0.4, 0.5) is 0 Å². The summed E-state index contributed by atoms with van der Waals surface area (Å²) in [6.07, 6.45) is 8.63. The van der Waals surface area contributed by atoms with Gasteiger partial charge in [0.05, 0.1) is 5.16 Å². The summed E-state index contributed by atoms with van der Waals surface area (Å²) in [6.45, 7) is 5.62. The molecule has 0 saturated heterocycles. The molecule has 0 rings (SSSR count). The zero-order valence-electron chi connectivity index (χ0n) is 16.4. The summed E-state index contributed by atoms with van der Waals surface area (Å²) in [4.78, 5) is 37.2. The smallest absolute Gasteiger partial charge is 0.324 e. The fraction of sp³-hybridized carbons (Fsp3) is 1.00. The molecule has 0 aliphatic carbocycles. The molecule has 0 bridgehead atoms. The van der Waals surface area contributed by atoms with Crippen LogP contribution in [-0.4, -0.2) is 24.7 Å². The molecule has 12 heteroatoms. The lowest BCUT2D eigenvalue weighted by atomic mass is 9.95. The van der Waals surface area contributed by atoms with Crippen molar-refractivity contribution in [3.8, 4) is 0 Å². The summed E-state index contributed by atoms with van der Waals surface area (Å²) < 4.78 is 43.4. The molecule has 0 amide bonds. The molecule has 0 saturated carbocycles. The summed E-state index contributed by atoms with van der Waals surface area (Å²) in [7, 11) is -15.5. The molecule has 0 spiro atoms. The fourth-order valence-electron chi connectivity index (χ4n) is 2.84. The van der Waals surface area contributed by atoms with Crippen LogP contribution in [0.3, 0.4) is 0 Å². The van der Waals surface area contributed by atoms with Gasteiger partial charge in [0, 0.05) is 0 Å². The van der Waals surface area contributed by atoms with Crippen LogP contribution < -0.4 is 0 Å². The van der Waals surface area contributed by atoms with E-state index in [9.17, 15) is 23.5 Å². The molecule has 4 N–H and O–H groups in total. The summed E-state index contributed by atoms with van der Waals surface area (Å²) in [6, 6.07) is 0. The van der Waals surface area contributed by atoms with Gasteiger partial charge >= 0.3 is 23.2 Å².